The molecule has 0 unspecified atom stereocenters. The summed E-state index contributed by atoms with van der Waals surface area (Å²) in [5.41, 5.74) is 0. The van der Waals surface area contributed by atoms with Crippen molar-refractivity contribution in [3.63, 3.8) is 0 Å². The van der Waals surface area contributed by atoms with E-state index in [0.29, 0.717) is 0 Å². The van der Waals surface area contributed by atoms with Gasteiger partial charge in [0.05, 0.1) is 0 Å². The van der Waals surface area contributed by atoms with Crippen molar-refractivity contribution < 1.29 is 459 Å². The summed E-state index contributed by atoms with van der Waals surface area (Å²) in [4.78, 5) is 0. The van der Waals surface area contributed by atoms with Crippen LogP contribution in [-0.2, 0) is 438 Å². The Kier molecular flexibility index (Phi) is 1550000. The van der Waals surface area contributed by atoms with E-state index in [2.05, 4.69) is 0 Å². The number of hydrogen-bond acceptors (Lipinski definition) is 0. The Morgan fingerprint density at radius 2 is 0.121 bits per heavy atom. The molecule has 0 spiro atoms. The summed E-state index contributed by atoms with van der Waals surface area (Å²) < 4.78 is 0. The first-order valence-electron chi connectivity index (χ1n) is 0. The van der Waals surface area contributed by atoms with E-state index in [1.165, 1.54) is 0 Å². The minimum Gasteiger partial charge on any atom is -2.00 e. The monoisotopic (exact) mass is 1410 g/mol. The smallest absolute Gasteiger partial charge is 2.00 e. The van der Waals surface area contributed by atoms with E-state index in [9.17, 15) is 0 Å². The standard InChI is InChI=1S/2H3N.2Ni.16H2O.28O.10V/h2*1H3;;;16*1H2;;;;;;;;;;;;;;;;;;;;;;;;;;;;;;;;;;;;;;/q;;2*+3;;;;;;;;;;;;;;;;;28*-2;;;;;;;;;2*+4/p+14. The predicted octanol–water partition coefficient (Wildman–Crippen LogP) is -17.0. The number of quaternary nitrogens is 2. The van der Waals surface area contributed by atoms with Gasteiger partial charge >= 0.3 is 70.1 Å². The van der Waals surface area contributed by atoms with Gasteiger partial charge < -0.3 is 253 Å². The first-order chi connectivity index (χ1) is 0. The minimum absolute atomic E-state index is 0. The Balaban J connectivity index is 0. The molecule has 0 heterocycles. The summed E-state index contributed by atoms with van der Waals surface area (Å²) in [6.07, 6.45) is 0. The van der Waals surface area contributed by atoms with Gasteiger partial charge in [-0.15, -0.1) is 0 Å². The molecule has 0 aromatic rings. The second kappa shape index (κ2) is 9260. The first-order valence-corrected chi connectivity index (χ1v) is 0. The molecule has 0 rings (SSSR count). The van der Waals surface area contributed by atoms with Crippen molar-refractivity contribution in [3.8, 4) is 0 Å². The maximum absolute atomic E-state index is 0. The predicted molar refractivity (Wildman–Crippen MR) is 104 cm³/mol. The van der Waals surface area contributed by atoms with Crippen LogP contribution in [0.15, 0.2) is 0 Å². The molecule has 0 fully saturated rings. The van der Waals surface area contributed by atoms with Crippen molar-refractivity contribution in [1.29, 1.82) is 0 Å². The molecule has 424 valence electrons. The summed E-state index contributed by atoms with van der Waals surface area (Å²) >= 11 is 0. The zero-order chi connectivity index (χ0) is 0. The molecule has 0 atom stereocenters. The Labute approximate surface area is 467 Å². The molecule has 0 aliphatic carbocycles. The Morgan fingerprint density at radius 1 is 0.121 bits per heavy atom. The Morgan fingerprint density at radius 3 is 0.121 bits per heavy atom. The van der Waals surface area contributed by atoms with Gasteiger partial charge in [-0.25, -0.2) is 0 Å². The molecule has 0 saturated heterocycles. The van der Waals surface area contributed by atoms with E-state index in [4.69, 9.17) is 0 Å². The molecule has 0 bridgehead atoms. The second-order valence-corrected chi connectivity index (χ2v) is 0. The van der Waals surface area contributed by atoms with Gasteiger partial charge in [-0.05, 0) is 0 Å². The van der Waals surface area contributed by atoms with Crippen LogP contribution in [0.3, 0.4) is 0 Å². The Hall–Kier alpha value is 4.99. The van der Waals surface area contributed by atoms with Crippen molar-refractivity contribution in [1.82, 2.24) is 12.3 Å². The maximum Gasteiger partial charge on any atom is 4.00 e. The molecule has 52 N–H and O–H groups in total. The number of hydrogen-bond donors (Lipinski definition) is 2. The second-order valence-electron chi connectivity index (χ2n) is 0. The van der Waals surface area contributed by atoms with Crippen LogP contribution in [0.25, 0.3) is 0 Å². The molecular formula is H52N2Ni2O44V10-28. The molecule has 0 aromatic heterocycles. The molecule has 0 saturated carbocycles. The third-order valence-electron chi connectivity index (χ3n) is 0. The van der Waals surface area contributed by atoms with Crippen LogP contribution < -0.4 is 12.3 Å². The Bertz CT molecular complexity index is 62.3. The van der Waals surface area contributed by atoms with E-state index in [0.717, 1.165) is 0 Å². The third-order valence-corrected chi connectivity index (χ3v) is 0. The summed E-state index contributed by atoms with van der Waals surface area (Å²) in [5.74, 6) is 0. The summed E-state index contributed by atoms with van der Waals surface area (Å²) in [6, 6.07) is 0. The zero-order valence-corrected chi connectivity index (χ0v) is 43.4. The van der Waals surface area contributed by atoms with Crippen molar-refractivity contribution in [2.45, 2.75) is 0 Å². The van der Waals surface area contributed by atoms with Crippen LogP contribution in [0.5, 0.6) is 0 Å². The van der Waals surface area contributed by atoms with E-state index in [1.54, 1.807) is 0 Å². The van der Waals surface area contributed by atoms with Gasteiger partial charge in [0.25, 0.3) is 0 Å². The minimum atomic E-state index is 0. The molecule has 58 heteroatoms. The summed E-state index contributed by atoms with van der Waals surface area (Å²) in [7, 11) is 0. The van der Waals surface area contributed by atoms with Gasteiger partial charge in [0.1, 0.15) is 0 Å². The van der Waals surface area contributed by atoms with Gasteiger partial charge in [0, 0.05) is 148 Å². The zero-order valence-electron chi connectivity index (χ0n) is 27.5. The fourth-order valence-electron chi connectivity index (χ4n) is 0. The first kappa shape index (κ1) is 9720. The van der Waals surface area contributed by atoms with Crippen LogP contribution in [0.1, 0.15) is 0 Å². The van der Waals surface area contributed by atoms with Crippen molar-refractivity contribution in [2.75, 3.05) is 0 Å². The van der Waals surface area contributed by atoms with Gasteiger partial charge in [0.2, 0.25) is 0 Å². The van der Waals surface area contributed by atoms with E-state index < -0.39 is 0 Å². The summed E-state index contributed by atoms with van der Waals surface area (Å²) in [5, 5.41) is 0. The molecular weight excluding hydrogens is 1360 g/mol. The summed E-state index contributed by atoms with van der Waals surface area (Å²) in [6.45, 7) is 0. The molecule has 0 aromatic carbocycles. The van der Waals surface area contributed by atoms with Crippen molar-refractivity contribution in [2.24, 2.45) is 0 Å². The molecule has 58 heavy (non-hydrogen) atoms. The van der Waals surface area contributed by atoms with Crippen LogP contribution in [0.4, 0.5) is 0 Å². The third kappa shape index (κ3) is 8810. The fraction of sp³-hybridized carbons (Fsp3) is 0. The van der Waals surface area contributed by atoms with Crippen molar-refractivity contribution in [3.05, 3.63) is 0 Å². The van der Waals surface area contributed by atoms with Gasteiger partial charge in [0.15, 0.2) is 0 Å². The van der Waals surface area contributed by atoms with Crippen LogP contribution >= 0.6 is 0 Å². The molecule has 12 radical (unpaired) electrons. The molecule has 0 aliphatic heterocycles. The molecule has 0 amide bonds. The average Bonchev–Trinajstić information content (AvgIpc) is 0. The van der Waals surface area contributed by atoms with Crippen LogP contribution in [0, 0.1) is 0 Å². The van der Waals surface area contributed by atoms with Crippen molar-refractivity contribution >= 4 is 0 Å². The van der Waals surface area contributed by atoms with Gasteiger partial charge in [-0.2, -0.15) is 0 Å². The van der Waals surface area contributed by atoms with Gasteiger partial charge in [-0.3, -0.25) is 0 Å². The van der Waals surface area contributed by atoms with Gasteiger partial charge in [-0.1, -0.05) is 0 Å². The number of rotatable bonds is 0. The fourth-order valence-corrected chi connectivity index (χ4v) is 0. The van der Waals surface area contributed by atoms with Crippen LogP contribution in [0.2, 0.25) is 0 Å². The van der Waals surface area contributed by atoms with E-state index >= 15 is 0 Å². The van der Waals surface area contributed by atoms with E-state index in [-0.39, 0.29) is 472 Å². The SMILES string of the molecule is O.O.O.O.[NH4+].[NH4+].[Ni+3].[Ni+3].[O-2].[O-2].[O-2].[O-2].[O-2].[O-2].[O-2].[O-2].[O-2].[O-2].[O-2].[O-2].[O-2].[O-2].[O-2].[O-2].[O-2].[O-2].[O-2].[O-2].[O-2].[O-2].[O-2].[O-2].[O-2].[O-2].[O-2].[O-2].[OH3+].[OH3+].[OH3+].[OH3+].[OH3+].[OH3+].[OH3+].[OH3+].[OH3+].[OH3+].[OH3+].[OH3+].[V+4].[V+4].[V].[V].[V].[V].[V].[V].[V].[V]. The quantitative estimate of drug-likeness (QED) is 0.169. The molecule has 46 nitrogen and oxygen atoms in total. The maximum atomic E-state index is 0. The topological polar surface area (TPSA) is 1390 Å². The van der Waals surface area contributed by atoms with E-state index in [1.807, 2.05) is 0 Å². The largest absolute Gasteiger partial charge is 4.00 e. The van der Waals surface area contributed by atoms with Crippen LogP contribution in [-0.4, -0.2) is 21.9 Å². The normalized spacial score (nSPS) is 0. The molecule has 0 aliphatic rings. The average molecular weight is 1410 g/mol.